The monoisotopic (exact) mass is 364 g/mol. The van der Waals surface area contributed by atoms with E-state index in [0.717, 1.165) is 17.0 Å². The summed E-state index contributed by atoms with van der Waals surface area (Å²) >= 11 is 0. The highest BCUT2D eigenvalue weighted by atomic mass is 16.5. The molecule has 3 rings (SSSR count). The highest BCUT2D eigenvalue weighted by molar-refractivity contribution is 5.79. The smallest absolute Gasteiger partial charge is 0.226 e. The molecule has 0 aliphatic heterocycles. The van der Waals surface area contributed by atoms with Crippen LogP contribution < -0.4 is 15.4 Å². The van der Waals surface area contributed by atoms with Crippen molar-refractivity contribution in [2.24, 2.45) is 4.99 Å². The molecule has 0 saturated carbocycles. The molecule has 6 heteroatoms. The number of guanidine groups is 1. The Hall–Kier alpha value is -3.28. The van der Waals surface area contributed by atoms with Crippen LogP contribution in [-0.2, 0) is 6.54 Å². The zero-order valence-corrected chi connectivity index (χ0v) is 15.6. The van der Waals surface area contributed by atoms with Crippen LogP contribution in [0.5, 0.6) is 5.75 Å². The van der Waals surface area contributed by atoms with Crippen molar-refractivity contribution in [3.63, 3.8) is 0 Å². The number of nitrogens with zero attached hydrogens (tertiary/aromatic N) is 2. The molecule has 27 heavy (non-hydrogen) atoms. The predicted octanol–water partition coefficient (Wildman–Crippen LogP) is 3.39. The minimum Gasteiger partial charge on any atom is -0.492 e. The fourth-order valence-corrected chi connectivity index (χ4v) is 2.47. The van der Waals surface area contributed by atoms with Gasteiger partial charge >= 0.3 is 0 Å². The molecule has 3 aromatic rings. The summed E-state index contributed by atoms with van der Waals surface area (Å²) in [5.74, 6) is 2.16. The van der Waals surface area contributed by atoms with Crippen molar-refractivity contribution in [1.82, 2.24) is 15.6 Å². The lowest BCUT2D eigenvalue weighted by Gasteiger charge is -2.11. The SMILES string of the molecule is CN=C(NCCOc1ccccc1)NCc1coc(-c2ccc(C)cc2)n1. The van der Waals surface area contributed by atoms with Crippen molar-refractivity contribution in [2.75, 3.05) is 20.2 Å². The minimum absolute atomic E-state index is 0.522. The van der Waals surface area contributed by atoms with Crippen LogP contribution in [0.3, 0.4) is 0 Å². The molecule has 6 nitrogen and oxygen atoms in total. The van der Waals surface area contributed by atoms with Crippen molar-refractivity contribution in [3.8, 4) is 17.2 Å². The fourth-order valence-electron chi connectivity index (χ4n) is 2.47. The normalized spacial score (nSPS) is 11.3. The number of hydrogen-bond donors (Lipinski definition) is 2. The maximum atomic E-state index is 5.65. The Labute approximate surface area is 159 Å². The summed E-state index contributed by atoms with van der Waals surface area (Å²) in [6.07, 6.45) is 1.66. The standard InChI is InChI=1S/C21H24N4O2/c1-16-8-10-17(11-9-16)20-25-18(15-27-20)14-24-21(22-2)23-12-13-26-19-6-4-3-5-7-19/h3-11,15H,12-14H2,1-2H3,(H2,22,23,24). The number of aryl methyl sites for hydroxylation is 1. The first-order valence-electron chi connectivity index (χ1n) is 8.88. The van der Waals surface area contributed by atoms with Crippen LogP contribution in [-0.4, -0.2) is 31.1 Å². The summed E-state index contributed by atoms with van der Waals surface area (Å²) in [7, 11) is 1.73. The van der Waals surface area contributed by atoms with E-state index in [-0.39, 0.29) is 0 Å². The first-order valence-corrected chi connectivity index (χ1v) is 8.88. The Morgan fingerprint density at radius 2 is 1.85 bits per heavy atom. The largest absolute Gasteiger partial charge is 0.492 e. The van der Waals surface area contributed by atoms with E-state index >= 15 is 0 Å². The molecule has 0 bridgehead atoms. The Bertz CT molecular complexity index is 857. The summed E-state index contributed by atoms with van der Waals surface area (Å²) in [5, 5.41) is 6.43. The molecule has 2 N–H and O–H groups in total. The third kappa shape index (κ3) is 5.60. The van der Waals surface area contributed by atoms with Gasteiger partial charge in [0, 0.05) is 12.6 Å². The van der Waals surface area contributed by atoms with Gasteiger partial charge in [0.2, 0.25) is 5.89 Å². The predicted molar refractivity (Wildman–Crippen MR) is 107 cm³/mol. The van der Waals surface area contributed by atoms with E-state index < -0.39 is 0 Å². The number of rotatable bonds is 7. The molecule has 2 aromatic carbocycles. The third-order valence-electron chi connectivity index (χ3n) is 3.92. The van der Waals surface area contributed by atoms with Crippen LogP contribution in [0.1, 0.15) is 11.3 Å². The van der Waals surface area contributed by atoms with Crippen LogP contribution in [0.25, 0.3) is 11.5 Å². The van der Waals surface area contributed by atoms with Crippen LogP contribution >= 0.6 is 0 Å². The molecule has 140 valence electrons. The summed E-state index contributed by atoms with van der Waals surface area (Å²) in [5.41, 5.74) is 2.99. The molecule has 0 spiro atoms. The van der Waals surface area contributed by atoms with Gasteiger partial charge in [0.1, 0.15) is 18.6 Å². The second-order valence-electron chi connectivity index (χ2n) is 6.02. The fraction of sp³-hybridized carbons (Fsp3) is 0.238. The van der Waals surface area contributed by atoms with Gasteiger partial charge in [0.25, 0.3) is 0 Å². The average Bonchev–Trinajstić information content (AvgIpc) is 3.18. The Balaban J connectivity index is 1.43. The van der Waals surface area contributed by atoms with Crippen LogP contribution in [0.15, 0.2) is 70.3 Å². The second-order valence-corrected chi connectivity index (χ2v) is 6.02. The highest BCUT2D eigenvalue weighted by Gasteiger charge is 2.07. The number of ether oxygens (including phenoxy) is 1. The zero-order valence-electron chi connectivity index (χ0n) is 15.6. The molecule has 0 aliphatic carbocycles. The number of para-hydroxylation sites is 1. The van der Waals surface area contributed by atoms with Crippen molar-refractivity contribution in [3.05, 3.63) is 72.1 Å². The molecule has 0 unspecified atom stereocenters. The number of hydrogen-bond acceptors (Lipinski definition) is 4. The first-order chi connectivity index (χ1) is 13.2. The Morgan fingerprint density at radius 3 is 2.59 bits per heavy atom. The van der Waals surface area contributed by atoms with Gasteiger partial charge in [-0.1, -0.05) is 35.9 Å². The average molecular weight is 364 g/mol. The summed E-state index contributed by atoms with van der Waals surface area (Å²) in [4.78, 5) is 8.72. The number of aromatic nitrogens is 1. The summed E-state index contributed by atoms with van der Waals surface area (Å²) in [6.45, 7) is 3.76. The molecule has 0 atom stereocenters. The molecule has 0 saturated heterocycles. The zero-order chi connectivity index (χ0) is 18.9. The summed E-state index contributed by atoms with van der Waals surface area (Å²) in [6, 6.07) is 17.8. The van der Waals surface area contributed by atoms with Crippen molar-refractivity contribution >= 4 is 5.96 Å². The van der Waals surface area contributed by atoms with Gasteiger partial charge in [-0.05, 0) is 31.2 Å². The number of oxazole rings is 1. The van der Waals surface area contributed by atoms with Crippen LogP contribution in [0.2, 0.25) is 0 Å². The lowest BCUT2D eigenvalue weighted by molar-refractivity contribution is 0.322. The molecule has 1 heterocycles. The lowest BCUT2D eigenvalue weighted by Crippen LogP contribution is -2.38. The van der Waals surface area contributed by atoms with E-state index in [4.69, 9.17) is 9.15 Å². The topological polar surface area (TPSA) is 71.7 Å². The van der Waals surface area contributed by atoms with Crippen LogP contribution in [0.4, 0.5) is 0 Å². The molecule has 1 aromatic heterocycles. The quantitative estimate of drug-likeness (QED) is 0.382. The molecular weight excluding hydrogens is 340 g/mol. The molecular formula is C21H24N4O2. The third-order valence-corrected chi connectivity index (χ3v) is 3.92. The maximum absolute atomic E-state index is 5.65. The Morgan fingerprint density at radius 1 is 1.07 bits per heavy atom. The van der Waals surface area contributed by atoms with Crippen molar-refractivity contribution in [1.29, 1.82) is 0 Å². The van der Waals surface area contributed by atoms with Crippen molar-refractivity contribution in [2.45, 2.75) is 13.5 Å². The van der Waals surface area contributed by atoms with Gasteiger partial charge in [-0.15, -0.1) is 0 Å². The van der Waals surface area contributed by atoms with Gasteiger partial charge in [0.05, 0.1) is 18.8 Å². The van der Waals surface area contributed by atoms with Gasteiger partial charge < -0.3 is 19.8 Å². The number of benzene rings is 2. The Kier molecular flexibility index (Phi) is 6.46. The van der Waals surface area contributed by atoms with E-state index in [2.05, 4.69) is 27.5 Å². The van der Waals surface area contributed by atoms with E-state index in [0.29, 0.717) is 31.5 Å². The van der Waals surface area contributed by atoms with E-state index in [1.807, 2.05) is 54.6 Å². The van der Waals surface area contributed by atoms with Gasteiger partial charge in [0.15, 0.2) is 5.96 Å². The summed E-state index contributed by atoms with van der Waals surface area (Å²) < 4.78 is 11.2. The van der Waals surface area contributed by atoms with Gasteiger partial charge in [-0.3, -0.25) is 4.99 Å². The molecule has 0 aliphatic rings. The number of nitrogens with one attached hydrogen (secondary N) is 2. The maximum Gasteiger partial charge on any atom is 0.226 e. The first kappa shape index (κ1) is 18.5. The second kappa shape index (κ2) is 9.43. The molecule has 0 fully saturated rings. The van der Waals surface area contributed by atoms with Crippen molar-refractivity contribution < 1.29 is 9.15 Å². The van der Waals surface area contributed by atoms with E-state index in [1.165, 1.54) is 5.56 Å². The lowest BCUT2D eigenvalue weighted by atomic mass is 10.1. The highest BCUT2D eigenvalue weighted by Crippen LogP contribution is 2.18. The molecule has 0 radical (unpaired) electrons. The van der Waals surface area contributed by atoms with E-state index in [1.54, 1.807) is 13.3 Å². The minimum atomic E-state index is 0.522. The van der Waals surface area contributed by atoms with Crippen LogP contribution in [0, 0.1) is 6.92 Å². The van der Waals surface area contributed by atoms with Gasteiger partial charge in [-0.2, -0.15) is 0 Å². The molecule has 0 amide bonds. The van der Waals surface area contributed by atoms with E-state index in [9.17, 15) is 0 Å². The number of aliphatic imine (C=N–C) groups is 1. The van der Waals surface area contributed by atoms with Gasteiger partial charge in [-0.25, -0.2) is 4.98 Å².